The van der Waals surface area contributed by atoms with E-state index >= 15 is 0 Å². The number of hydrogen-bond acceptors (Lipinski definition) is 2. The van der Waals surface area contributed by atoms with Crippen molar-refractivity contribution in [3.05, 3.63) is 0 Å². The van der Waals surface area contributed by atoms with Crippen LogP contribution in [-0.2, 0) is 4.79 Å². The minimum Gasteiger partial charge on any atom is -0.303 e. The molecular formula is C10H19NO. The van der Waals surface area contributed by atoms with Crippen molar-refractivity contribution in [2.75, 3.05) is 0 Å². The van der Waals surface area contributed by atoms with Gasteiger partial charge in [-0.25, -0.2) is 0 Å². The SMILES string of the molecule is CC(C)(C=O)NC1CCCCC1. The van der Waals surface area contributed by atoms with E-state index in [0.29, 0.717) is 6.04 Å². The van der Waals surface area contributed by atoms with Crippen molar-refractivity contribution < 1.29 is 4.79 Å². The Morgan fingerprint density at radius 2 is 1.83 bits per heavy atom. The minimum absolute atomic E-state index is 0.331. The van der Waals surface area contributed by atoms with Gasteiger partial charge < -0.3 is 10.1 Å². The first-order valence-electron chi connectivity index (χ1n) is 4.88. The summed E-state index contributed by atoms with van der Waals surface area (Å²) in [6, 6.07) is 0.568. The number of rotatable bonds is 3. The van der Waals surface area contributed by atoms with E-state index < -0.39 is 0 Å². The molecule has 0 aliphatic heterocycles. The third-order valence-electron chi connectivity index (χ3n) is 2.48. The van der Waals surface area contributed by atoms with Gasteiger partial charge in [0.1, 0.15) is 6.29 Å². The Labute approximate surface area is 74.7 Å². The van der Waals surface area contributed by atoms with E-state index in [-0.39, 0.29) is 5.54 Å². The van der Waals surface area contributed by atoms with Crippen LogP contribution in [0.2, 0.25) is 0 Å². The van der Waals surface area contributed by atoms with Gasteiger partial charge in [-0.2, -0.15) is 0 Å². The number of nitrogens with one attached hydrogen (secondary N) is 1. The van der Waals surface area contributed by atoms with Crippen molar-refractivity contribution in [2.45, 2.75) is 57.5 Å². The van der Waals surface area contributed by atoms with Gasteiger partial charge in [-0.05, 0) is 26.7 Å². The van der Waals surface area contributed by atoms with Crippen molar-refractivity contribution in [3.63, 3.8) is 0 Å². The van der Waals surface area contributed by atoms with E-state index in [4.69, 9.17) is 0 Å². The van der Waals surface area contributed by atoms with Gasteiger partial charge in [-0.3, -0.25) is 0 Å². The first-order valence-corrected chi connectivity index (χ1v) is 4.88. The molecule has 0 amide bonds. The van der Waals surface area contributed by atoms with Gasteiger partial charge in [0, 0.05) is 6.04 Å². The summed E-state index contributed by atoms with van der Waals surface area (Å²) in [6.45, 7) is 3.88. The normalized spacial score (nSPS) is 20.8. The average molecular weight is 169 g/mol. The Morgan fingerprint density at radius 1 is 1.25 bits per heavy atom. The zero-order valence-corrected chi connectivity index (χ0v) is 8.10. The van der Waals surface area contributed by atoms with Gasteiger partial charge >= 0.3 is 0 Å². The summed E-state index contributed by atoms with van der Waals surface area (Å²) in [5, 5.41) is 3.38. The predicted octanol–water partition coefficient (Wildman–Crippen LogP) is 1.89. The number of hydrogen-bond donors (Lipinski definition) is 1. The van der Waals surface area contributed by atoms with E-state index in [9.17, 15) is 4.79 Å². The summed E-state index contributed by atoms with van der Waals surface area (Å²) in [6.07, 6.45) is 7.45. The number of carbonyl (C=O) groups excluding carboxylic acids is 1. The lowest BCUT2D eigenvalue weighted by atomic mass is 9.93. The van der Waals surface area contributed by atoms with Crippen molar-refractivity contribution in [1.29, 1.82) is 0 Å². The molecule has 0 atom stereocenters. The molecule has 0 spiro atoms. The van der Waals surface area contributed by atoms with Crippen LogP contribution in [0.5, 0.6) is 0 Å². The zero-order chi connectivity index (χ0) is 9.03. The molecule has 70 valence electrons. The van der Waals surface area contributed by atoms with Crippen molar-refractivity contribution >= 4 is 6.29 Å². The summed E-state index contributed by atoms with van der Waals surface area (Å²) in [4.78, 5) is 10.6. The highest BCUT2D eigenvalue weighted by Gasteiger charge is 2.22. The molecule has 1 saturated carbocycles. The summed E-state index contributed by atoms with van der Waals surface area (Å²) in [5.41, 5.74) is -0.331. The molecule has 2 nitrogen and oxygen atoms in total. The second-order valence-corrected chi connectivity index (χ2v) is 4.32. The molecule has 0 unspecified atom stereocenters. The van der Waals surface area contributed by atoms with Gasteiger partial charge in [0.25, 0.3) is 0 Å². The Balaban J connectivity index is 2.33. The maximum absolute atomic E-state index is 10.6. The molecule has 0 bridgehead atoms. The molecule has 0 heterocycles. The lowest BCUT2D eigenvalue weighted by molar-refractivity contribution is -0.112. The average Bonchev–Trinajstić information content (AvgIpc) is 2.06. The van der Waals surface area contributed by atoms with Crippen molar-refractivity contribution in [3.8, 4) is 0 Å². The number of aldehydes is 1. The molecule has 1 N–H and O–H groups in total. The second kappa shape index (κ2) is 4.04. The Hall–Kier alpha value is -0.370. The highest BCUT2D eigenvalue weighted by Crippen LogP contribution is 2.19. The van der Waals surface area contributed by atoms with Gasteiger partial charge in [0.15, 0.2) is 0 Å². The third kappa shape index (κ3) is 2.94. The van der Waals surface area contributed by atoms with Crippen LogP contribution < -0.4 is 5.32 Å². The second-order valence-electron chi connectivity index (χ2n) is 4.32. The summed E-state index contributed by atoms with van der Waals surface area (Å²) >= 11 is 0. The van der Waals surface area contributed by atoms with Crippen LogP contribution in [0.15, 0.2) is 0 Å². The van der Waals surface area contributed by atoms with Crippen LogP contribution in [0, 0.1) is 0 Å². The lowest BCUT2D eigenvalue weighted by Gasteiger charge is -2.29. The monoisotopic (exact) mass is 169 g/mol. The van der Waals surface area contributed by atoms with Gasteiger partial charge in [0.05, 0.1) is 5.54 Å². The van der Waals surface area contributed by atoms with E-state index in [2.05, 4.69) is 5.32 Å². The van der Waals surface area contributed by atoms with E-state index in [1.54, 1.807) is 0 Å². The molecule has 0 radical (unpaired) electrons. The third-order valence-corrected chi connectivity index (χ3v) is 2.48. The largest absolute Gasteiger partial charge is 0.303 e. The quantitative estimate of drug-likeness (QED) is 0.654. The molecule has 1 aliphatic carbocycles. The van der Waals surface area contributed by atoms with E-state index in [1.165, 1.54) is 32.1 Å². The molecule has 1 aliphatic rings. The maximum Gasteiger partial charge on any atom is 0.139 e. The summed E-state index contributed by atoms with van der Waals surface area (Å²) < 4.78 is 0. The molecule has 0 aromatic carbocycles. The molecule has 0 saturated heterocycles. The van der Waals surface area contributed by atoms with Crippen LogP contribution in [0.3, 0.4) is 0 Å². The first kappa shape index (κ1) is 9.72. The molecular weight excluding hydrogens is 150 g/mol. The van der Waals surface area contributed by atoms with E-state index in [1.807, 2.05) is 13.8 Å². The number of carbonyl (C=O) groups is 1. The highest BCUT2D eigenvalue weighted by atomic mass is 16.1. The van der Waals surface area contributed by atoms with Gasteiger partial charge in [0.2, 0.25) is 0 Å². The predicted molar refractivity (Wildman–Crippen MR) is 50.2 cm³/mol. The highest BCUT2D eigenvalue weighted by molar-refractivity contribution is 5.62. The Bertz CT molecular complexity index is 148. The lowest BCUT2D eigenvalue weighted by Crippen LogP contribution is -2.47. The molecule has 1 fully saturated rings. The van der Waals surface area contributed by atoms with Crippen LogP contribution >= 0.6 is 0 Å². The Morgan fingerprint density at radius 3 is 2.33 bits per heavy atom. The molecule has 2 heteroatoms. The molecule has 0 aromatic heterocycles. The topological polar surface area (TPSA) is 29.1 Å². The van der Waals surface area contributed by atoms with Gasteiger partial charge in [-0.15, -0.1) is 0 Å². The van der Waals surface area contributed by atoms with E-state index in [0.717, 1.165) is 6.29 Å². The van der Waals surface area contributed by atoms with Gasteiger partial charge in [-0.1, -0.05) is 19.3 Å². The molecule has 0 aromatic rings. The fraction of sp³-hybridized carbons (Fsp3) is 0.900. The molecule has 1 rings (SSSR count). The van der Waals surface area contributed by atoms with Crippen molar-refractivity contribution in [1.82, 2.24) is 5.32 Å². The summed E-state index contributed by atoms with van der Waals surface area (Å²) in [7, 11) is 0. The maximum atomic E-state index is 10.6. The fourth-order valence-electron chi connectivity index (χ4n) is 1.81. The van der Waals surface area contributed by atoms with Crippen LogP contribution in [0.4, 0.5) is 0 Å². The summed E-state index contributed by atoms with van der Waals surface area (Å²) in [5.74, 6) is 0. The fourth-order valence-corrected chi connectivity index (χ4v) is 1.81. The smallest absolute Gasteiger partial charge is 0.139 e. The molecule has 12 heavy (non-hydrogen) atoms. The minimum atomic E-state index is -0.331. The Kier molecular flexibility index (Phi) is 3.27. The standard InChI is InChI=1S/C10H19NO/c1-10(2,8-12)11-9-6-4-3-5-7-9/h8-9,11H,3-7H2,1-2H3. The van der Waals surface area contributed by atoms with Crippen LogP contribution in [0.25, 0.3) is 0 Å². The van der Waals surface area contributed by atoms with Crippen LogP contribution in [-0.4, -0.2) is 17.9 Å². The van der Waals surface area contributed by atoms with Crippen LogP contribution in [0.1, 0.15) is 46.0 Å². The zero-order valence-electron chi connectivity index (χ0n) is 8.10. The van der Waals surface area contributed by atoms with Crippen molar-refractivity contribution in [2.24, 2.45) is 0 Å². The first-order chi connectivity index (χ1) is 5.64.